The highest BCUT2D eigenvalue weighted by molar-refractivity contribution is 5.95. The van der Waals surface area contributed by atoms with Gasteiger partial charge in [-0.05, 0) is 18.9 Å². The summed E-state index contributed by atoms with van der Waals surface area (Å²) in [6.45, 7) is 7.00. The Morgan fingerprint density at radius 3 is 2.76 bits per heavy atom. The SMILES string of the molecule is Cc1occc1C(=O)N(CCC#N)CC(C)C. The molecule has 4 heteroatoms. The Kier molecular flexibility index (Phi) is 4.77. The fourth-order valence-electron chi connectivity index (χ4n) is 1.68. The molecule has 1 aromatic rings. The molecule has 1 rings (SSSR count). The molecule has 1 heterocycles. The van der Waals surface area contributed by atoms with E-state index in [1.807, 2.05) is 0 Å². The third-order valence-electron chi connectivity index (χ3n) is 2.46. The Balaban J connectivity index is 2.79. The van der Waals surface area contributed by atoms with E-state index in [1.165, 1.54) is 6.26 Å². The molecular weight excluding hydrogens is 216 g/mol. The molecule has 0 spiro atoms. The maximum atomic E-state index is 12.2. The molecule has 0 atom stereocenters. The van der Waals surface area contributed by atoms with E-state index < -0.39 is 0 Å². The summed E-state index contributed by atoms with van der Waals surface area (Å²) in [5, 5.41) is 8.61. The zero-order valence-corrected chi connectivity index (χ0v) is 10.6. The van der Waals surface area contributed by atoms with Crippen LogP contribution >= 0.6 is 0 Å². The highest BCUT2D eigenvalue weighted by atomic mass is 16.3. The molecule has 0 fully saturated rings. The van der Waals surface area contributed by atoms with Gasteiger partial charge in [-0.15, -0.1) is 0 Å². The van der Waals surface area contributed by atoms with Crippen LogP contribution in [0.15, 0.2) is 16.7 Å². The van der Waals surface area contributed by atoms with Gasteiger partial charge in [-0.25, -0.2) is 0 Å². The second-order valence-electron chi connectivity index (χ2n) is 4.44. The maximum absolute atomic E-state index is 12.2. The lowest BCUT2D eigenvalue weighted by Crippen LogP contribution is -2.35. The number of nitrogens with zero attached hydrogens (tertiary/aromatic N) is 2. The number of furan rings is 1. The van der Waals surface area contributed by atoms with E-state index in [0.717, 1.165) is 0 Å². The molecule has 92 valence electrons. The van der Waals surface area contributed by atoms with Crippen molar-refractivity contribution in [3.05, 3.63) is 23.7 Å². The van der Waals surface area contributed by atoms with Crippen LogP contribution in [0.4, 0.5) is 0 Å². The van der Waals surface area contributed by atoms with Crippen molar-refractivity contribution < 1.29 is 9.21 Å². The minimum absolute atomic E-state index is 0.0554. The summed E-state index contributed by atoms with van der Waals surface area (Å²) < 4.78 is 5.13. The molecule has 0 aliphatic carbocycles. The van der Waals surface area contributed by atoms with Crippen molar-refractivity contribution in [2.45, 2.75) is 27.2 Å². The van der Waals surface area contributed by atoms with E-state index >= 15 is 0 Å². The summed E-state index contributed by atoms with van der Waals surface area (Å²) in [6, 6.07) is 3.75. The number of hydrogen-bond acceptors (Lipinski definition) is 3. The molecular formula is C13H18N2O2. The van der Waals surface area contributed by atoms with Crippen molar-refractivity contribution in [1.82, 2.24) is 4.90 Å². The predicted molar refractivity (Wildman–Crippen MR) is 64.4 cm³/mol. The number of rotatable bonds is 5. The van der Waals surface area contributed by atoms with Crippen molar-refractivity contribution in [2.24, 2.45) is 5.92 Å². The lowest BCUT2D eigenvalue weighted by Gasteiger charge is -2.23. The van der Waals surface area contributed by atoms with Gasteiger partial charge in [-0.2, -0.15) is 5.26 Å². The van der Waals surface area contributed by atoms with Crippen LogP contribution in [-0.2, 0) is 0 Å². The van der Waals surface area contributed by atoms with E-state index in [9.17, 15) is 4.79 Å². The minimum Gasteiger partial charge on any atom is -0.469 e. The summed E-state index contributed by atoms with van der Waals surface area (Å²) in [5.74, 6) is 0.950. The number of carbonyl (C=O) groups excluding carboxylic acids is 1. The molecule has 0 aliphatic rings. The molecule has 1 amide bonds. The molecule has 0 bridgehead atoms. The second kappa shape index (κ2) is 6.09. The van der Waals surface area contributed by atoms with Crippen LogP contribution < -0.4 is 0 Å². The lowest BCUT2D eigenvalue weighted by atomic mass is 10.1. The third-order valence-corrected chi connectivity index (χ3v) is 2.46. The van der Waals surface area contributed by atoms with E-state index in [1.54, 1.807) is 17.9 Å². The smallest absolute Gasteiger partial charge is 0.257 e. The van der Waals surface area contributed by atoms with Gasteiger partial charge in [0.15, 0.2) is 0 Å². The van der Waals surface area contributed by atoms with Gasteiger partial charge >= 0.3 is 0 Å². The molecule has 4 nitrogen and oxygen atoms in total. The highest BCUT2D eigenvalue weighted by Gasteiger charge is 2.19. The van der Waals surface area contributed by atoms with Crippen molar-refractivity contribution >= 4 is 5.91 Å². The molecule has 0 N–H and O–H groups in total. The quantitative estimate of drug-likeness (QED) is 0.786. The summed E-state index contributed by atoms with van der Waals surface area (Å²) in [4.78, 5) is 13.9. The molecule has 1 aromatic heterocycles. The zero-order chi connectivity index (χ0) is 12.8. The van der Waals surface area contributed by atoms with Gasteiger partial charge in [0.05, 0.1) is 24.3 Å². The Morgan fingerprint density at radius 1 is 1.59 bits per heavy atom. The first-order chi connectivity index (χ1) is 8.06. The first-order valence-corrected chi connectivity index (χ1v) is 5.76. The van der Waals surface area contributed by atoms with Gasteiger partial charge in [0.1, 0.15) is 5.76 Å². The van der Waals surface area contributed by atoms with Gasteiger partial charge < -0.3 is 9.32 Å². The van der Waals surface area contributed by atoms with Crippen LogP contribution in [-0.4, -0.2) is 23.9 Å². The molecule has 0 saturated heterocycles. The number of amides is 1. The predicted octanol–water partition coefficient (Wildman–Crippen LogP) is 2.60. The molecule has 0 aliphatic heterocycles. The number of aryl methyl sites for hydroxylation is 1. The summed E-state index contributed by atoms with van der Waals surface area (Å²) >= 11 is 0. The summed E-state index contributed by atoms with van der Waals surface area (Å²) in [6.07, 6.45) is 1.87. The first-order valence-electron chi connectivity index (χ1n) is 5.76. The van der Waals surface area contributed by atoms with Crippen molar-refractivity contribution in [3.63, 3.8) is 0 Å². The van der Waals surface area contributed by atoms with Crippen molar-refractivity contribution in [3.8, 4) is 6.07 Å². The van der Waals surface area contributed by atoms with E-state index in [2.05, 4.69) is 19.9 Å². The summed E-state index contributed by atoms with van der Waals surface area (Å²) in [7, 11) is 0. The van der Waals surface area contributed by atoms with Crippen LogP contribution in [0.5, 0.6) is 0 Å². The molecule has 17 heavy (non-hydrogen) atoms. The van der Waals surface area contributed by atoms with E-state index in [-0.39, 0.29) is 5.91 Å². The second-order valence-corrected chi connectivity index (χ2v) is 4.44. The normalized spacial score (nSPS) is 10.3. The fraction of sp³-hybridized carbons (Fsp3) is 0.538. The average molecular weight is 234 g/mol. The maximum Gasteiger partial charge on any atom is 0.257 e. The first kappa shape index (κ1) is 13.3. The number of carbonyl (C=O) groups is 1. The van der Waals surface area contributed by atoms with Crippen LogP contribution in [0.3, 0.4) is 0 Å². The summed E-state index contributed by atoms with van der Waals surface area (Å²) in [5.41, 5.74) is 0.587. The van der Waals surface area contributed by atoms with Gasteiger partial charge in [0.2, 0.25) is 0 Å². The van der Waals surface area contributed by atoms with Gasteiger partial charge in [-0.1, -0.05) is 13.8 Å². The van der Waals surface area contributed by atoms with Crippen molar-refractivity contribution in [2.75, 3.05) is 13.1 Å². The number of hydrogen-bond donors (Lipinski definition) is 0. The minimum atomic E-state index is -0.0554. The van der Waals surface area contributed by atoms with Crippen LogP contribution in [0.1, 0.15) is 36.4 Å². The highest BCUT2D eigenvalue weighted by Crippen LogP contribution is 2.13. The van der Waals surface area contributed by atoms with E-state index in [0.29, 0.717) is 36.8 Å². The molecule has 0 radical (unpaired) electrons. The molecule has 0 aromatic carbocycles. The van der Waals surface area contributed by atoms with Crippen molar-refractivity contribution in [1.29, 1.82) is 5.26 Å². The van der Waals surface area contributed by atoms with E-state index in [4.69, 9.17) is 9.68 Å². The Morgan fingerprint density at radius 2 is 2.29 bits per heavy atom. The Hall–Kier alpha value is -1.76. The van der Waals surface area contributed by atoms with Crippen LogP contribution in [0, 0.1) is 24.2 Å². The Bertz CT molecular complexity index is 415. The van der Waals surface area contributed by atoms with Gasteiger partial charge in [0.25, 0.3) is 5.91 Å². The standard InChI is InChI=1S/C13H18N2O2/c1-10(2)9-15(7-4-6-14)13(16)12-5-8-17-11(12)3/h5,8,10H,4,7,9H2,1-3H3. The Labute approximate surface area is 102 Å². The molecule has 0 saturated carbocycles. The largest absolute Gasteiger partial charge is 0.469 e. The monoisotopic (exact) mass is 234 g/mol. The topological polar surface area (TPSA) is 57.2 Å². The lowest BCUT2D eigenvalue weighted by molar-refractivity contribution is 0.0738. The van der Waals surface area contributed by atoms with Gasteiger partial charge in [0, 0.05) is 13.1 Å². The average Bonchev–Trinajstić information content (AvgIpc) is 2.69. The third kappa shape index (κ3) is 3.63. The van der Waals surface area contributed by atoms with Crippen LogP contribution in [0.25, 0.3) is 0 Å². The molecule has 0 unspecified atom stereocenters. The van der Waals surface area contributed by atoms with Gasteiger partial charge in [-0.3, -0.25) is 4.79 Å². The number of nitriles is 1. The zero-order valence-electron chi connectivity index (χ0n) is 10.6. The van der Waals surface area contributed by atoms with Crippen LogP contribution in [0.2, 0.25) is 0 Å². The fourth-order valence-corrected chi connectivity index (χ4v) is 1.68.